The second-order valence-electron chi connectivity index (χ2n) is 10.4. The van der Waals surface area contributed by atoms with Crippen LogP contribution < -0.4 is 0 Å². The van der Waals surface area contributed by atoms with Crippen molar-refractivity contribution in [1.82, 2.24) is 9.80 Å². The smallest absolute Gasteiger partial charge is 0.410 e. The van der Waals surface area contributed by atoms with Gasteiger partial charge < -0.3 is 14.5 Å². The van der Waals surface area contributed by atoms with Crippen LogP contribution in [0, 0.1) is 5.41 Å². The summed E-state index contributed by atoms with van der Waals surface area (Å²) in [4.78, 5) is 31.0. The van der Waals surface area contributed by atoms with Crippen molar-refractivity contribution in [3.63, 3.8) is 0 Å². The van der Waals surface area contributed by atoms with E-state index in [9.17, 15) is 9.59 Å². The van der Waals surface area contributed by atoms with Gasteiger partial charge in [-0.25, -0.2) is 4.79 Å². The van der Waals surface area contributed by atoms with Crippen LogP contribution in [0.5, 0.6) is 0 Å². The average Bonchev–Trinajstić information content (AvgIpc) is 3.38. The molecule has 1 aliphatic carbocycles. The van der Waals surface area contributed by atoms with Gasteiger partial charge in [0.25, 0.3) is 5.91 Å². The summed E-state index contributed by atoms with van der Waals surface area (Å²) < 4.78 is 5.50. The molecule has 2 aliphatic heterocycles. The molecule has 2 aromatic rings. The molecule has 0 N–H and O–H groups in total. The third-order valence-corrected chi connectivity index (χ3v) is 9.19. The third-order valence-electron chi connectivity index (χ3n) is 8.09. The van der Waals surface area contributed by atoms with Crippen LogP contribution >= 0.6 is 11.3 Å². The van der Waals surface area contributed by atoms with E-state index in [1.165, 1.54) is 43.4 Å². The molecule has 3 aliphatic rings. The lowest BCUT2D eigenvalue weighted by atomic mass is 9.69. The predicted molar refractivity (Wildman–Crippen MR) is 135 cm³/mol. The van der Waals surface area contributed by atoms with Crippen molar-refractivity contribution >= 4 is 23.3 Å². The number of amides is 2. The van der Waals surface area contributed by atoms with Crippen molar-refractivity contribution in [2.75, 3.05) is 26.2 Å². The summed E-state index contributed by atoms with van der Waals surface area (Å²) in [6.45, 7) is 3.56. The molecule has 34 heavy (non-hydrogen) atoms. The molecule has 3 fully saturated rings. The largest absolute Gasteiger partial charge is 0.445 e. The maximum atomic E-state index is 13.3. The fourth-order valence-corrected chi connectivity index (χ4v) is 7.17. The minimum Gasteiger partial charge on any atom is -0.445 e. The maximum absolute atomic E-state index is 13.3. The summed E-state index contributed by atoms with van der Waals surface area (Å²) in [5, 5.41) is 2.06. The highest BCUT2D eigenvalue weighted by Crippen LogP contribution is 2.43. The van der Waals surface area contributed by atoms with E-state index in [2.05, 4.69) is 16.3 Å². The number of rotatable bonds is 4. The molecular weight excluding hydrogens is 444 g/mol. The molecular formula is C28H36N2O3S. The van der Waals surface area contributed by atoms with Crippen LogP contribution in [0.2, 0.25) is 0 Å². The Bertz CT molecular complexity index is 969. The lowest BCUT2D eigenvalue weighted by Crippen LogP contribution is -2.46. The van der Waals surface area contributed by atoms with Gasteiger partial charge in [-0.05, 0) is 61.5 Å². The Hall–Kier alpha value is -2.34. The summed E-state index contributed by atoms with van der Waals surface area (Å²) in [6.07, 6.45) is 10.6. The van der Waals surface area contributed by atoms with Gasteiger partial charge >= 0.3 is 6.09 Å². The van der Waals surface area contributed by atoms with Crippen molar-refractivity contribution in [1.29, 1.82) is 0 Å². The number of carbonyl (C=O) groups is 2. The monoisotopic (exact) mass is 480 g/mol. The van der Waals surface area contributed by atoms with E-state index in [-0.39, 0.29) is 12.0 Å². The zero-order valence-corrected chi connectivity index (χ0v) is 20.9. The number of piperidine rings is 2. The first-order chi connectivity index (χ1) is 16.6. The normalized spacial score (nSPS) is 20.9. The Balaban J connectivity index is 1.12. The molecule has 1 saturated carbocycles. The molecule has 1 aromatic heterocycles. The zero-order valence-electron chi connectivity index (χ0n) is 20.0. The summed E-state index contributed by atoms with van der Waals surface area (Å²) in [7, 11) is 0. The zero-order chi connectivity index (χ0) is 23.4. The van der Waals surface area contributed by atoms with Gasteiger partial charge in [-0.3, -0.25) is 4.79 Å². The van der Waals surface area contributed by atoms with E-state index >= 15 is 0 Å². The van der Waals surface area contributed by atoms with Crippen molar-refractivity contribution in [3.8, 4) is 0 Å². The van der Waals surface area contributed by atoms with E-state index in [4.69, 9.17) is 4.74 Å². The molecule has 0 radical (unpaired) electrons. The summed E-state index contributed by atoms with van der Waals surface area (Å²) >= 11 is 1.71. The van der Waals surface area contributed by atoms with Crippen LogP contribution in [-0.4, -0.2) is 48.0 Å². The Kier molecular flexibility index (Phi) is 7.23. The van der Waals surface area contributed by atoms with Crippen LogP contribution in [0.25, 0.3) is 0 Å². The van der Waals surface area contributed by atoms with Gasteiger partial charge in [-0.1, -0.05) is 49.6 Å². The number of likely N-dealkylation sites (tertiary alicyclic amines) is 2. The highest BCUT2D eigenvalue weighted by Gasteiger charge is 2.38. The van der Waals surface area contributed by atoms with E-state index in [0.717, 1.165) is 43.5 Å². The number of carbonyl (C=O) groups excluding carboxylic acids is 2. The SMILES string of the molecule is O=C(OCc1ccccc1)N1CCC(c2cc(C(=O)N3CCCC4(CCCCC4)C3)cs2)CC1. The summed E-state index contributed by atoms with van der Waals surface area (Å²) in [5.41, 5.74) is 2.25. The summed E-state index contributed by atoms with van der Waals surface area (Å²) in [6, 6.07) is 11.9. The van der Waals surface area contributed by atoms with Crippen molar-refractivity contribution < 1.29 is 14.3 Å². The van der Waals surface area contributed by atoms with Gasteiger partial charge in [-0.2, -0.15) is 0 Å². The molecule has 5 nitrogen and oxygen atoms in total. The Morgan fingerprint density at radius 1 is 0.941 bits per heavy atom. The number of benzene rings is 1. The van der Waals surface area contributed by atoms with Gasteiger partial charge in [0, 0.05) is 36.4 Å². The van der Waals surface area contributed by atoms with Crippen LogP contribution in [0.4, 0.5) is 4.79 Å². The van der Waals surface area contributed by atoms with Crippen LogP contribution in [0.1, 0.15) is 84.5 Å². The lowest BCUT2D eigenvalue weighted by molar-refractivity contribution is 0.0384. The lowest BCUT2D eigenvalue weighted by Gasteiger charge is -2.45. The molecule has 3 heterocycles. The first-order valence-electron chi connectivity index (χ1n) is 13.0. The van der Waals surface area contributed by atoms with Gasteiger partial charge in [0.05, 0.1) is 5.56 Å². The molecule has 5 rings (SSSR count). The molecule has 1 spiro atoms. The van der Waals surface area contributed by atoms with Gasteiger partial charge in [-0.15, -0.1) is 11.3 Å². The maximum Gasteiger partial charge on any atom is 0.410 e. The molecule has 2 saturated heterocycles. The number of hydrogen-bond acceptors (Lipinski definition) is 4. The van der Waals surface area contributed by atoms with E-state index in [1.807, 2.05) is 35.2 Å². The van der Waals surface area contributed by atoms with Gasteiger partial charge in [0.15, 0.2) is 0 Å². The second kappa shape index (κ2) is 10.5. The number of hydrogen-bond donors (Lipinski definition) is 0. The molecule has 1 aromatic carbocycles. The quantitative estimate of drug-likeness (QED) is 0.505. The Morgan fingerprint density at radius 2 is 1.68 bits per heavy atom. The Labute approximate surface area is 207 Å². The second-order valence-corrected chi connectivity index (χ2v) is 11.4. The molecule has 2 amide bonds. The summed E-state index contributed by atoms with van der Waals surface area (Å²) in [5.74, 6) is 0.629. The minimum atomic E-state index is -0.230. The molecule has 6 heteroatoms. The van der Waals surface area contributed by atoms with E-state index in [0.29, 0.717) is 31.0 Å². The number of ether oxygens (including phenoxy) is 1. The topological polar surface area (TPSA) is 49.9 Å². The standard InChI is InChI=1S/C28H36N2O3S/c31-26(30-15-7-14-28(21-30)12-5-2-6-13-28)24-18-25(34-20-24)23-10-16-29(17-11-23)27(32)33-19-22-8-3-1-4-9-22/h1,3-4,8-9,18,20,23H,2,5-7,10-17,19,21H2. The first kappa shape index (κ1) is 23.4. The molecule has 0 bridgehead atoms. The van der Waals surface area contributed by atoms with Gasteiger partial charge in [0.1, 0.15) is 6.61 Å². The fourth-order valence-electron chi connectivity index (χ4n) is 6.11. The van der Waals surface area contributed by atoms with Crippen molar-refractivity contribution in [2.45, 2.75) is 70.3 Å². The van der Waals surface area contributed by atoms with E-state index < -0.39 is 0 Å². The highest BCUT2D eigenvalue weighted by molar-refractivity contribution is 7.10. The first-order valence-corrected chi connectivity index (χ1v) is 13.8. The van der Waals surface area contributed by atoms with Crippen LogP contribution in [-0.2, 0) is 11.3 Å². The number of thiophene rings is 1. The predicted octanol–water partition coefficient (Wildman–Crippen LogP) is 6.45. The van der Waals surface area contributed by atoms with E-state index in [1.54, 1.807) is 11.3 Å². The van der Waals surface area contributed by atoms with Crippen molar-refractivity contribution in [2.24, 2.45) is 5.41 Å². The van der Waals surface area contributed by atoms with Crippen LogP contribution in [0.15, 0.2) is 41.8 Å². The fraction of sp³-hybridized carbons (Fsp3) is 0.571. The molecule has 182 valence electrons. The van der Waals surface area contributed by atoms with Crippen molar-refractivity contribution in [3.05, 3.63) is 57.8 Å². The average molecular weight is 481 g/mol. The Morgan fingerprint density at radius 3 is 2.44 bits per heavy atom. The molecule has 0 atom stereocenters. The number of nitrogens with zero attached hydrogens (tertiary/aromatic N) is 2. The van der Waals surface area contributed by atoms with Gasteiger partial charge in [0.2, 0.25) is 0 Å². The highest BCUT2D eigenvalue weighted by atomic mass is 32.1. The molecule has 0 unspecified atom stereocenters. The third kappa shape index (κ3) is 5.32. The van der Waals surface area contributed by atoms with Crippen LogP contribution in [0.3, 0.4) is 0 Å². The minimum absolute atomic E-state index is 0.217.